The number of hydrogen-bond donors (Lipinski definition) is 2. The van der Waals surface area contributed by atoms with Crippen molar-refractivity contribution in [3.63, 3.8) is 0 Å². The standard InChI is InChI=1S/C21H27N3O3/c1-4-27-19-8-6-5-7-18(19)15-24-21(22-2)23-14-13-16-9-11-17(12-10-16)20(25)26-3/h5-12H,4,13-15H2,1-3H3,(H2,22,23,24). The molecule has 0 aliphatic heterocycles. The highest BCUT2D eigenvalue weighted by molar-refractivity contribution is 5.89. The van der Waals surface area contributed by atoms with Crippen molar-refractivity contribution in [2.24, 2.45) is 4.99 Å². The molecule has 27 heavy (non-hydrogen) atoms. The molecule has 0 radical (unpaired) electrons. The maximum absolute atomic E-state index is 11.5. The van der Waals surface area contributed by atoms with Gasteiger partial charge in [0.15, 0.2) is 5.96 Å². The molecule has 0 heterocycles. The van der Waals surface area contributed by atoms with Crippen LogP contribution in [0.5, 0.6) is 5.75 Å². The Kier molecular flexibility index (Phi) is 8.16. The Hall–Kier alpha value is -3.02. The lowest BCUT2D eigenvalue weighted by atomic mass is 10.1. The molecule has 2 rings (SSSR count). The molecule has 2 N–H and O–H groups in total. The number of para-hydroxylation sites is 1. The van der Waals surface area contributed by atoms with Crippen molar-refractivity contribution in [3.05, 3.63) is 65.2 Å². The minimum atomic E-state index is -0.323. The molecule has 2 aromatic carbocycles. The molecule has 0 amide bonds. The van der Waals surface area contributed by atoms with Gasteiger partial charge in [-0.15, -0.1) is 0 Å². The number of benzene rings is 2. The predicted octanol–water partition coefficient (Wildman–Crippen LogP) is 2.78. The number of guanidine groups is 1. The molecule has 144 valence electrons. The minimum absolute atomic E-state index is 0.323. The van der Waals surface area contributed by atoms with Crippen molar-refractivity contribution < 1.29 is 14.3 Å². The van der Waals surface area contributed by atoms with Crippen LogP contribution in [0.15, 0.2) is 53.5 Å². The summed E-state index contributed by atoms with van der Waals surface area (Å²) >= 11 is 0. The van der Waals surface area contributed by atoms with Crippen molar-refractivity contribution in [3.8, 4) is 5.75 Å². The van der Waals surface area contributed by atoms with Gasteiger partial charge in [-0.25, -0.2) is 4.79 Å². The van der Waals surface area contributed by atoms with Gasteiger partial charge in [0.2, 0.25) is 0 Å². The molecule has 0 aromatic heterocycles. The van der Waals surface area contributed by atoms with Crippen LogP contribution in [0.4, 0.5) is 0 Å². The van der Waals surface area contributed by atoms with Crippen LogP contribution in [0, 0.1) is 0 Å². The quantitative estimate of drug-likeness (QED) is 0.425. The molecule has 0 bridgehead atoms. The highest BCUT2D eigenvalue weighted by Crippen LogP contribution is 2.17. The molecule has 0 fully saturated rings. The second-order valence-electron chi connectivity index (χ2n) is 5.83. The Morgan fingerprint density at radius 3 is 2.48 bits per heavy atom. The van der Waals surface area contributed by atoms with E-state index in [0.717, 1.165) is 35.8 Å². The fourth-order valence-corrected chi connectivity index (χ4v) is 2.60. The number of methoxy groups -OCH3 is 1. The van der Waals surface area contributed by atoms with E-state index in [1.54, 1.807) is 19.2 Å². The van der Waals surface area contributed by atoms with E-state index in [1.165, 1.54) is 7.11 Å². The first-order valence-corrected chi connectivity index (χ1v) is 9.00. The summed E-state index contributed by atoms with van der Waals surface area (Å²) in [5.74, 6) is 1.29. The van der Waals surface area contributed by atoms with Crippen LogP contribution in [-0.4, -0.2) is 39.2 Å². The zero-order valence-corrected chi connectivity index (χ0v) is 16.1. The van der Waals surface area contributed by atoms with E-state index < -0.39 is 0 Å². The first-order chi connectivity index (χ1) is 13.2. The molecule has 0 aliphatic rings. The van der Waals surface area contributed by atoms with Crippen LogP contribution in [0.1, 0.15) is 28.4 Å². The van der Waals surface area contributed by atoms with Gasteiger partial charge < -0.3 is 20.1 Å². The molecule has 0 saturated heterocycles. The van der Waals surface area contributed by atoms with E-state index in [9.17, 15) is 4.79 Å². The fraction of sp³-hybridized carbons (Fsp3) is 0.333. The van der Waals surface area contributed by atoms with Gasteiger partial charge in [-0.2, -0.15) is 0 Å². The second kappa shape index (κ2) is 10.9. The van der Waals surface area contributed by atoms with Gasteiger partial charge in [0, 0.05) is 25.7 Å². The molecular weight excluding hydrogens is 342 g/mol. The maximum Gasteiger partial charge on any atom is 0.337 e. The van der Waals surface area contributed by atoms with Crippen molar-refractivity contribution in [2.75, 3.05) is 27.3 Å². The lowest BCUT2D eigenvalue weighted by molar-refractivity contribution is 0.0600. The zero-order valence-electron chi connectivity index (χ0n) is 16.1. The number of aliphatic imine (C=N–C) groups is 1. The normalized spacial score (nSPS) is 11.0. The molecule has 0 saturated carbocycles. The molecule has 0 aliphatic carbocycles. The summed E-state index contributed by atoms with van der Waals surface area (Å²) < 4.78 is 10.3. The van der Waals surface area contributed by atoms with E-state index >= 15 is 0 Å². The number of ether oxygens (including phenoxy) is 2. The topological polar surface area (TPSA) is 72.0 Å². The molecule has 0 atom stereocenters. The van der Waals surface area contributed by atoms with E-state index in [2.05, 4.69) is 15.6 Å². The summed E-state index contributed by atoms with van der Waals surface area (Å²) in [5, 5.41) is 6.59. The summed E-state index contributed by atoms with van der Waals surface area (Å²) in [7, 11) is 3.13. The molecule has 0 unspecified atom stereocenters. The average molecular weight is 369 g/mol. The summed E-state index contributed by atoms with van der Waals surface area (Å²) in [6.07, 6.45) is 0.817. The lowest BCUT2D eigenvalue weighted by Crippen LogP contribution is -2.37. The van der Waals surface area contributed by atoms with E-state index in [4.69, 9.17) is 9.47 Å². The van der Waals surface area contributed by atoms with Gasteiger partial charge in [0.05, 0.1) is 19.3 Å². The smallest absolute Gasteiger partial charge is 0.337 e. The summed E-state index contributed by atoms with van der Waals surface area (Å²) in [5.41, 5.74) is 2.77. The average Bonchev–Trinajstić information content (AvgIpc) is 2.71. The van der Waals surface area contributed by atoms with E-state index in [0.29, 0.717) is 18.7 Å². The Morgan fingerprint density at radius 1 is 1.07 bits per heavy atom. The van der Waals surface area contributed by atoms with Crippen LogP contribution >= 0.6 is 0 Å². The first-order valence-electron chi connectivity index (χ1n) is 9.00. The number of nitrogens with zero attached hydrogens (tertiary/aromatic N) is 1. The van der Waals surface area contributed by atoms with Crippen LogP contribution in [0.25, 0.3) is 0 Å². The Bertz CT molecular complexity index is 758. The van der Waals surface area contributed by atoms with Crippen LogP contribution in [-0.2, 0) is 17.7 Å². The third-order valence-corrected chi connectivity index (χ3v) is 4.02. The Morgan fingerprint density at radius 2 is 1.81 bits per heavy atom. The van der Waals surface area contributed by atoms with Gasteiger partial charge in [-0.1, -0.05) is 30.3 Å². The van der Waals surface area contributed by atoms with E-state index in [-0.39, 0.29) is 5.97 Å². The number of rotatable bonds is 8. The molecular formula is C21H27N3O3. The van der Waals surface area contributed by atoms with Gasteiger partial charge in [0.25, 0.3) is 0 Å². The van der Waals surface area contributed by atoms with Crippen molar-refractivity contribution >= 4 is 11.9 Å². The Labute approximate surface area is 160 Å². The molecule has 0 spiro atoms. The van der Waals surface area contributed by atoms with E-state index in [1.807, 2.05) is 43.3 Å². The number of carbonyl (C=O) groups excluding carboxylic acids is 1. The number of hydrogen-bond acceptors (Lipinski definition) is 4. The van der Waals surface area contributed by atoms with Crippen molar-refractivity contribution in [1.82, 2.24) is 10.6 Å². The number of carbonyl (C=O) groups is 1. The fourth-order valence-electron chi connectivity index (χ4n) is 2.60. The van der Waals surface area contributed by atoms with Crippen LogP contribution < -0.4 is 15.4 Å². The molecule has 6 nitrogen and oxygen atoms in total. The predicted molar refractivity (Wildman–Crippen MR) is 107 cm³/mol. The number of esters is 1. The second-order valence-corrected chi connectivity index (χ2v) is 5.83. The molecule has 2 aromatic rings. The summed E-state index contributed by atoms with van der Waals surface area (Å²) in [6.45, 7) is 3.97. The summed E-state index contributed by atoms with van der Waals surface area (Å²) in [6, 6.07) is 15.4. The monoisotopic (exact) mass is 369 g/mol. The highest BCUT2D eigenvalue weighted by Gasteiger charge is 2.06. The number of nitrogens with one attached hydrogen (secondary N) is 2. The van der Waals surface area contributed by atoms with Gasteiger partial charge >= 0.3 is 5.97 Å². The third kappa shape index (κ3) is 6.33. The van der Waals surface area contributed by atoms with Crippen LogP contribution in [0.3, 0.4) is 0 Å². The molecule has 6 heteroatoms. The van der Waals surface area contributed by atoms with Crippen LogP contribution in [0.2, 0.25) is 0 Å². The van der Waals surface area contributed by atoms with Gasteiger partial charge in [-0.3, -0.25) is 4.99 Å². The van der Waals surface area contributed by atoms with Crippen molar-refractivity contribution in [1.29, 1.82) is 0 Å². The van der Waals surface area contributed by atoms with Crippen molar-refractivity contribution in [2.45, 2.75) is 19.9 Å². The maximum atomic E-state index is 11.5. The van der Waals surface area contributed by atoms with Gasteiger partial charge in [0.1, 0.15) is 5.75 Å². The minimum Gasteiger partial charge on any atom is -0.494 e. The van der Waals surface area contributed by atoms with Gasteiger partial charge in [-0.05, 0) is 37.1 Å². The largest absolute Gasteiger partial charge is 0.494 e. The first kappa shape index (κ1) is 20.3. The Balaban J connectivity index is 1.81. The SMILES string of the molecule is CCOc1ccccc1CNC(=NC)NCCc1ccc(C(=O)OC)cc1. The highest BCUT2D eigenvalue weighted by atomic mass is 16.5. The summed E-state index contributed by atoms with van der Waals surface area (Å²) in [4.78, 5) is 15.7. The lowest BCUT2D eigenvalue weighted by Gasteiger charge is -2.14. The third-order valence-electron chi connectivity index (χ3n) is 4.02. The zero-order chi connectivity index (χ0) is 19.5.